The molecule has 0 amide bonds. The van der Waals surface area contributed by atoms with Crippen molar-refractivity contribution < 1.29 is 4.74 Å². The van der Waals surface area contributed by atoms with Crippen molar-refractivity contribution >= 4 is 11.6 Å². The molecule has 0 fully saturated rings. The zero-order valence-electron chi connectivity index (χ0n) is 10.6. The van der Waals surface area contributed by atoms with Crippen molar-refractivity contribution in [3.8, 4) is 17.6 Å². The van der Waals surface area contributed by atoms with Crippen LogP contribution < -0.4 is 4.74 Å². The number of hydrogen-bond donors (Lipinski definition) is 0. The van der Waals surface area contributed by atoms with Gasteiger partial charge in [-0.25, -0.2) is 0 Å². The van der Waals surface area contributed by atoms with E-state index in [2.05, 4.69) is 16.7 Å². The second kappa shape index (κ2) is 7.21. The molecule has 17 heavy (non-hydrogen) atoms. The number of alkyl halides is 1. The minimum Gasteiger partial charge on any atom is -0.492 e. The first kappa shape index (κ1) is 13.9. The summed E-state index contributed by atoms with van der Waals surface area (Å²) in [5.41, 5.74) is 2.08. The van der Waals surface area contributed by atoms with Gasteiger partial charge in [-0.05, 0) is 44.8 Å². The normalized spacial score (nSPS) is 9.94. The van der Waals surface area contributed by atoms with Gasteiger partial charge >= 0.3 is 0 Å². The molecule has 0 heterocycles. The molecule has 0 unspecified atom stereocenters. The highest BCUT2D eigenvalue weighted by atomic mass is 35.5. The highest BCUT2D eigenvalue weighted by Crippen LogP contribution is 2.18. The molecular formula is C14H18ClNO. The van der Waals surface area contributed by atoms with Gasteiger partial charge in [-0.1, -0.05) is 11.8 Å². The maximum absolute atomic E-state index is 5.69. The highest BCUT2D eigenvalue weighted by Gasteiger charge is 2.00. The van der Waals surface area contributed by atoms with Crippen molar-refractivity contribution in [2.24, 2.45) is 0 Å². The van der Waals surface area contributed by atoms with Crippen molar-refractivity contribution in [1.29, 1.82) is 0 Å². The second-order valence-corrected chi connectivity index (χ2v) is 4.33. The van der Waals surface area contributed by atoms with E-state index < -0.39 is 0 Å². The topological polar surface area (TPSA) is 12.5 Å². The molecule has 3 heteroatoms. The predicted octanol–water partition coefficient (Wildman–Crippen LogP) is 2.53. The minimum atomic E-state index is 0.361. The van der Waals surface area contributed by atoms with E-state index in [9.17, 15) is 0 Å². The number of ether oxygens (including phenoxy) is 1. The fourth-order valence-electron chi connectivity index (χ4n) is 1.36. The molecule has 0 N–H and O–H groups in total. The molecule has 0 spiro atoms. The van der Waals surface area contributed by atoms with Gasteiger partial charge in [0.15, 0.2) is 0 Å². The van der Waals surface area contributed by atoms with E-state index in [0.717, 1.165) is 23.4 Å². The fraction of sp³-hybridized carbons (Fsp3) is 0.429. The van der Waals surface area contributed by atoms with Crippen LogP contribution in [0, 0.1) is 18.8 Å². The van der Waals surface area contributed by atoms with Crippen LogP contribution >= 0.6 is 11.6 Å². The Morgan fingerprint density at radius 3 is 2.71 bits per heavy atom. The number of aryl methyl sites for hydroxylation is 1. The van der Waals surface area contributed by atoms with Crippen LogP contribution in [0.25, 0.3) is 0 Å². The highest BCUT2D eigenvalue weighted by molar-refractivity contribution is 6.19. The zero-order chi connectivity index (χ0) is 12.7. The SMILES string of the molecule is Cc1cc(C#CCCl)ccc1OCCN(C)C. The summed E-state index contributed by atoms with van der Waals surface area (Å²) >= 11 is 5.52. The first-order chi connectivity index (χ1) is 8.13. The number of rotatable bonds is 4. The summed E-state index contributed by atoms with van der Waals surface area (Å²) < 4.78 is 5.69. The van der Waals surface area contributed by atoms with Gasteiger partial charge in [-0.3, -0.25) is 0 Å². The van der Waals surface area contributed by atoms with Crippen LogP contribution in [0.15, 0.2) is 18.2 Å². The van der Waals surface area contributed by atoms with Crippen molar-refractivity contribution in [1.82, 2.24) is 4.90 Å². The third-order valence-electron chi connectivity index (χ3n) is 2.27. The van der Waals surface area contributed by atoms with Gasteiger partial charge in [0, 0.05) is 12.1 Å². The Kier molecular flexibility index (Phi) is 5.90. The molecule has 1 aromatic carbocycles. The Bertz CT molecular complexity index is 418. The standard InChI is InChI=1S/C14H18ClNO/c1-12-11-13(5-4-8-15)6-7-14(12)17-10-9-16(2)3/h6-7,11H,8-10H2,1-3H3. The van der Waals surface area contributed by atoms with Crippen LogP contribution in [-0.4, -0.2) is 38.0 Å². The first-order valence-electron chi connectivity index (χ1n) is 5.56. The van der Waals surface area contributed by atoms with Gasteiger partial charge in [0.05, 0.1) is 5.88 Å². The molecular weight excluding hydrogens is 234 g/mol. The molecule has 0 saturated heterocycles. The molecule has 92 valence electrons. The summed E-state index contributed by atoms with van der Waals surface area (Å²) in [5.74, 6) is 7.11. The Morgan fingerprint density at radius 2 is 2.12 bits per heavy atom. The molecule has 0 aromatic heterocycles. The monoisotopic (exact) mass is 251 g/mol. The van der Waals surface area contributed by atoms with Gasteiger partial charge in [-0.15, -0.1) is 11.6 Å². The quantitative estimate of drug-likeness (QED) is 0.602. The van der Waals surface area contributed by atoms with Gasteiger partial charge in [0.25, 0.3) is 0 Å². The molecule has 0 bridgehead atoms. The van der Waals surface area contributed by atoms with Crippen LogP contribution in [0.2, 0.25) is 0 Å². The molecule has 0 saturated carbocycles. The molecule has 2 nitrogen and oxygen atoms in total. The van der Waals surface area contributed by atoms with Crippen LogP contribution in [0.3, 0.4) is 0 Å². The number of benzene rings is 1. The van der Waals surface area contributed by atoms with E-state index in [1.54, 1.807) is 0 Å². The molecule has 1 rings (SSSR count). The third-order valence-corrected chi connectivity index (χ3v) is 2.40. The van der Waals surface area contributed by atoms with Crippen LogP contribution in [0.4, 0.5) is 0 Å². The average molecular weight is 252 g/mol. The maximum Gasteiger partial charge on any atom is 0.122 e. The Labute approximate surface area is 109 Å². The summed E-state index contributed by atoms with van der Waals surface area (Å²) in [6.45, 7) is 3.63. The lowest BCUT2D eigenvalue weighted by Gasteiger charge is -2.12. The lowest BCUT2D eigenvalue weighted by Crippen LogP contribution is -2.19. The van der Waals surface area contributed by atoms with E-state index in [-0.39, 0.29) is 0 Å². The van der Waals surface area contributed by atoms with Crippen LogP contribution in [-0.2, 0) is 0 Å². The first-order valence-corrected chi connectivity index (χ1v) is 6.10. The molecule has 1 aromatic rings. The van der Waals surface area contributed by atoms with Crippen LogP contribution in [0.1, 0.15) is 11.1 Å². The van der Waals surface area contributed by atoms with E-state index in [1.807, 2.05) is 39.2 Å². The largest absolute Gasteiger partial charge is 0.492 e. The third kappa shape index (κ3) is 5.12. The molecule has 0 aliphatic rings. The fourth-order valence-corrected chi connectivity index (χ4v) is 1.43. The molecule has 0 radical (unpaired) electrons. The Balaban J connectivity index is 2.63. The van der Waals surface area contributed by atoms with Crippen molar-refractivity contribution in [3.05, 3.63) is 29.3 Å². The Morgan fingerprint density at radius 1 is 1.35 bits per heavy atom. The van der Waals surface area contributed by atoms with Gasteiger partial charge in [0.1, 0.15) is 12.4 Å². The van der Waals surface area contributed by atoms with E-state index in [0.29, 0.717) is 12.5 Å². The summed E-state index contributed by atoms with van der Waals surface area (Å²) in [6, 6.07) is 5.94. The summed E-state index contributed by atoms with van der Waals surface area (Å²) in [4.78, 5) is 2.09. The van der Waals surface area contributed by atoms with E-state index in [1.165, 1.54) is 0 Å². The minimum absolute atomic E-state index is 0.361. The van der Waals surface area contributed by atoms with E-state index >= 15 is 0 Å². The summed E-state index contributed by atoms with van der Waals surface area (Å²) in [7, 11) is 4.06. The number of nitrogens with zero attached hydrogens (tertiary/aromatic N) is 1. The molecule has 0 atom stereocenters. The van der Waals surface area contributed by atoms with Crippen LogP contribution in [0.5, 0.6) is 5.75 Å². The number of halogens is 1. The summed E-state index contributed by atoms with van der Waals surface area (Å²) in [6.07, 6.45) is 0. The van der Waals surface area contributed by atoms with Crippen molar-refractivity contribution in [2.45, 2.75) is 6.92 Å². The predicted molar refractivity (Wildman–Crippen MR) is 72.8 cm³/mol. The molecule has 0 aliphatic heterocycles. The number of likely N-dealkylation sites (N-methyl/N-ethyl adjacent to an activating group) is 1. The maximum atomic E-state index is 5.69. The summed E-state index contributed by atoms with van der Waals surface area (Å²) in [5, 5.41) is 0. The van der Waals surface area contributed by atoms with Crippen molar-refractivity contribution in [2.75, 3.05) is 33.1 Å². The number of hydrogen-bond acceptors (Lipinski definition) is 2. The zero-order valence-corrected chi connectivity index (χ0v) is 11.3. The lowest BCUT2D eigenvalue weighted by atomic mass is 10.1. The van der Waals surface area contributed by atoms with Gasteiger partial charge in [0.2, 0.25) is 0 Å². The van der Waals surface area contributed by atoms with Crippen molar-refractivity contribution in [3.63, 3.8) is 0 Å². The smallest absolute Gasteiger partial charge is 0.122 e. The van der Waals surface area contributed by atoms with Gasteiger partial charge < -0.3 is 9.64 Å². The Hall–Kier alpha value is -1.17. The molecule has 0 aliphatic carbocycles. The van der Waals surface area contributed by atoms with Gasteiger partial charge in [-0.2, -0.15) is 0 Å². The second-order valence-electron chi connectivity index (χ2n) is 4.07. The van der Waals surface area contributed by atoms with E-state index in [4.69, 9.17) is 16.3 Å². The average Bonchev–Trinajstić information content (AvgIpc) is 2.28. The lowest BCUT2D eigenvalue weighted by molar-refractivity contribution is 0.260.